The predicted molar refractivity (Wildman–Crippen MR) is 85.7 cm³/mol. The maximum absolute atomic E-state index is 14.4. The van der Waals surface area contributed by atoms with Gasteiger partial charge in [-0.2, -0.15) is 0 Å². The van der Waals surface area contributed by atoms with Crippen molar-refractivity contribution in [3.8, 4) is 0 Å². The molecule has 1 aromatic carbocycles. The molecule has 1 saturated heterocycles. The minimum absolute atomic E-state index is 0.0165. The highest BCUT2D eigenvalue weighted by Crippen LogP contribution is 2.30. The van der Waals surface area contributed by atoms with E-state index in [4.69, 9.17) is 0 Å². The van der Waals surface area contributed by atoms with Crippen molar-refractivity contribution in [2.75, 3.05) is 19.7 Å². The molecule has 4 atom stereocenters. The third kappa shape index (κ3) is 4.28. The number of rotatable bonds is 7. The number of nitrogens with one attached hydrogen (secondary N) is 1. The zero-order valence-corrected chi connectivity index (χ0v) is 13.4. The van der Waals surface area contributed by atoms with E-state index in [-0.39, 0.29) is 18.9 Å². The standard InChI is InChI=1S/C17H25FN2O3/c1-2-19-15(22)10-13-16(18)17(23)14(11-21)20(13)9-8-12-6-4-3-5-7-12/h3-7,13-14,16-17,21,23H,2,8-11H2,1H3,(H,19,22)/t13-,14-,16-,17-/m1/s1. The smallest absolute Gasteiger partial charge is 0.221 e. The van der Waals surface area contributed by atoms with Gasteiger partial charge >= 0.3 is 0 Å². The van der Waals surface area contributed by atoms with Gasteiger partial charge in [-0.05, 0) is 18.9 Å². The number of aliphatic hydroxyl groups is 2. The number of halogens is 1. The fraction of sp³-hybridized carbons (Fsp3) is 0.588. The summed E-state index contributed by atoms with van der Waals surface area (Å²) in [6, 6.07) is 8.36. The molecule has 128 valence electrons. The highest BCUT2D eigenvalue weighted by atomic mass is 19.1. The summed E-state index contributed by atoms with van der Waals surface area (Å²) in [6.07, 6.45) is -2.15. The number of amides is 1. The van der Waals surface area contributed by atoms with Crippen LogP contribution in [0.4, 0.5) is 4.39 Å². The topological polar surface area (TPSA) is 72.8 Å². The summed E-state index contributed by atoms with van der Waals surface area (Å²) < 4.78 is 14.4. The number of carbonyl (C=O) groups is 1. The maximum Gasteiger partial charge on any atom is 0.221 e. The molecule has 0 spiro atoms. The van der Waals surface area contributed by atoms with E-state index in [1.54, 1.807) is 11.8 Å². The SMILES string of the molecule is CCNC(=O)C[C@@H]1[C@@H](F)[C@H](O)[C@@H](CO)N1CCc1ccccc1. The van der Waals surface area contributed by atoms with E-state index < -0.39 is 24.4 Å². The number of likely N-dealkylation sites (tertiary alicyclic amines) is 1. The predicted octanol–water partition coefficient (Wildman–Crippen LogP) is 0.499. The van der Waals surface area contributed by atoms with Gasteiger partial charge in [-0.25, -0.2) is 4.39 Å². The Labute approximate surface area is 136 Å². The zero-order chi connectivity index (χ0) is 16.8. The number of alkyl halides is 1. The second-order valence-electron chi connectivity index (χ2n) is 5.88. The lowest BCUT2D eigenvalue weighted by Gasteiger charge is -2.29. The van der Waals surface area contributed by atoms with Gasteiger partial charge in [0.2, 0.25) is 5.91 Å². The lowest BCUT2D eigenvalue weighted by molar-refractivity contribution is -0.122. The van der Waals surface area contributed by atoms with Crippen LogP contribution < -0.4 is 5.32 Å². The second-order valence-corrected chi connectivity index (χ2v) is 5.88. The van der Waals surface area contributed by atoms with Crippen molar-refractivity contribution in [1.82, 2.24) is 10.2 Å². The number of nitrogens with zero attached hydrogens (tertiary/aromatic N) is 1. The first kappa shape index (κ1) is 17.8. The first-order chi connectivity index (χ1) is 11.1. The molecular weight excluding hydrogens is 299 g/mol. The summed E-state index contributed by atoms with van der Waals surface area (Å²) in [6.45, 7) is 2.44. The first-order valence-electron chi connectivity index (χ1n) is 8.07. The Morgan fingerprint density at radius 2 is 2.00 bits per heavy atom. The number of carbonyl (C=O) groups excluding carboxylic acids is 1. The lowest BCUT2D eigenvalue weighted by atomic mass is 10.1. The van der Waals surface area contributed by atoms with E-state index in [9.17, 15) is 19.4 Å². The molecule has 1 aliphatic heterocycles. The van der Waals surface area contributed by atoms with Crippen LogP contribution in [0.25, 0.3) is 0 Å². The van der Waals surface area contributed by atoms with Gasteiger partial charge in [0.1, 0.15) is 12.3 Å². The van der Waals surface area contributed by atoms with Gasteiger partial charge in [0.15, 0.2) is 0 Å². The van der Waals surface area contributed by atoms with Crippen LogP contribution in [0.2, 0.25) is 0 Å². The van der Waals surface area contributed by atoms with Crippen LogP contribution in [-0.4, -0.2) is 65.1 Å². The summed E-state index contributed by atoms with van der Waals surface area (Å²) in [4.78, 5) is 13.6. The molecule has 23 heavy (non-hydrogen) atoms. The maximum atomic E-state index is 14.4. The minimum atomic E-state index is -1.54. The van der Waals surface area contributed by atoms with Crippen LogP contribution in [0.3, 0.4) is 0 Å². The molecule has 1 fully saturated rings. The Bertz CT molecular complexity index is 500. The first-order valence-corrected chi connectivity index (χ1v) is 8.07. The Hall–Kier alpha value is -1.50. The third-order valence-corrected chi connectivity index (χ3v) is 4.40. The molecule has 1 amide bonds. The van der Waals surface area contributed by atoms with Gasteiger partial charge in [-0.3, -0.25) is 9.69 Å². The molecule has 5 nitrogen and oxygen atoms in total. The van der Waals surface area contributed by atoms with Crippen molar-refractivity contribution in [1.29, 1.82) is 0 Å². The second kappa shape index (κ2) is 8.38. The fourth-order valence-electron chi connectivity index (χ4n) is 3.20. The number of hydrogen-bond donors (Lipinski definition) is 3. The van der Waals surface area contributed by atoms with Crippen molar-refractivity contribution < 1.29 is 19.4 Å². The Balaban J connectivity index is 2.07. The molecule has 0 saturated carbocycles. The van der Waals surface area contributed by atoms with Gasteiger partial charge in [-0.15, -0.1) is 0 Å². The van der Waals surface area contributed by atoms with E-state index in [1.807, 2.05) is 30.3 Å². The van der Waals surface area contributed by atoms with Crippen LogP contribution in [0, 0.1) is 0 Å². The van der Waals surface area contributed by atoms with Crippen LogP contribution in [0.5, 0.6) is 0 Å². The number of aliphatic hydroxyl groups excluding tert-OH is 2. The molecule has 1 aliphatic rings. The molecule has 0 aromatic heterocycles. The van der Waals surface area contributed by atoms with Gasteiger partial charge < -0.3 is 15.5 Å². The molecular formula is C17H25FN2O3. The number of hydrogen-bond acceptors (Lipinski definition) is 4. The molecule has 0 unspecified atom stereocenters. The van der Waals surface area contributed by atoms with Crippen LogP contribution >= 0.6 is 0 Å². The summed E-state index contributed by atoms with van der Waals surface area (Å²) in [5.74, 6) is -0.240. The van der Waals surface area contributed by atoms with E-state index >= 15 is 0 Å². The number of benzene rings is 1. The van der Waals surface area contributed by atoms with E-state index in [0.29, 0.717) is 19.5 Å². The molecule has 6 heteroatoms. The highest BCUT2D eigenvalue weighted by Gasteiger charge is 2.48. The summed E-state index contributed by atoms with van der Waals surface area (Å²) in [5.41, 5.74) is 1.10. The molecule has 1 heterocycles. The average molecular weight is 324 g/mol. The van der Waals surface area contributed by atoms with Crippen molar-refractivity contribution >= 4 is 5.91 Å². The van der Waals surface area contributed by atoms with Crippen molar-refractivity contribution in [2.24, 2.45) is 0 Å². The molecule has 1 aromatic rings. The zero-order valence-electron chi connectivity index (χ0n) is 13.4. The monoisotopic (exact) mass is 324 g/mol. The van der Waals surface area contributed by atoms with E-state index in [0.717, 1.165) is 5.56 Å². The normalized spacial score (nSPS) is 28.0. The highest BCUT2D eigenvalue weighted by molar-refractivity contribution is 5.76. The van der Waals surface area contributed by atoms with Crippen molar-refractivity contribution in [3.63, 3.8) is 0 Å². The quantitative estimate of drug-likeness (QED) is 0.683. The van der Waals surface area contributed by atoms with E-state index in [1.165, 1.54) is 0 Å². The van der Waals surface area contributed by atoms with Crippen LogP contribution in [-0.2, 0) is 11.2 Å². The van der Waals surface area contributed by atoms with Gasteiger partial charge in [0.05, 0.1) is 18.7 Å². The Morgan fingerprint density at radius 3 is 2.61 bits per heavy atom. The van der Waals surface area contributed by atoms with Crippen molar-refractivity contribution in [2.45, 2.75) is 44.1 Å². The average Bonchev–Trinajstić information content (AvgIpc) is 2.78. The van der Waals surface area contributed by atoms with Crippen LogP contribution in [0.1, 0.15) is 18.9 Å². The molecule has 3 N–H and O–H groups in total. The molecule has 0 aliphatic carbocycles. The molecule has 2 rings (SSSR count). The summed E-state index contributed by atoms with van der Waals surface area (Å²) in [5, 5.41) is 22.2. The molecule has 0 radical (unpaired) electrons. The van der Waals surface area contributed by atoms with Gasteiger partial charge in [0.25, 0.3) is 0 Å². The van der Waals surface area contributed by atoms with Crippen LogP contribution in [0.15, 0.2) is 30.3 Å². The van der Waals surface area contributed by atoms with E-state index in [2.05, 4.69) is 5.32 Å². The third-order valence-electron chi connectivity index (χ3n) is 4.40. The molecule has 0 bridgehead atoms. The summed E-state index contributed by atoms with van der Waals surface area (Å²) >= 11 is 0. The Kier molecular flexibility index (Phi) is 6.50. The largest absolute Gasteiger partial charge is 0.395 e. The van der Waals surface area contributed by atoms with Gasteiger partial charge in [-0.1, -0.05) is 30.3 Å². The Morgan fingerprint density at radius 1 is 1.30 bits per heavy atom. The van der Waals surface area contributed by atoms with Gasteiger partial charge in [0, 0.05) is 19.5 Å². The lowest BCUT2D eigenvalue weighted by Crippen LogP contribution is -2.44. The fourth-order valence-corrected chi connectivity index (χ4v) is 3.20. The minimum Gasteiger partial charge on any atom is -0.395 e. The summed E-state index contributed by atoms with van der Waals surface area (Å²) in [7, 11) is 0. The van der Waals surface area contributed by atoms with Crippen molar-refractivity contribution in [3.05, 3.63) is 35.9 Å².